The summed E-state index contributed by atoms with van der Waals surface area (Å²) in [6.07, 6.45) is 1.76. The monoisotopic (exact) mass is 294 g/mol. The second-order valence-corrected chi connectivity index (χ2v) is 4.64. The Labute approximate surface area is 107 Å². The lowest BCUT2D eigenvalue weighted by molar-refractivity contribution is -0.138. The molecule has 0 saturated heterocycles. The summed E-state index contributed by atoms with van der Waals surface area (Å²) in [5.74, 6) is -1.46. The van der Waals surface area contributed by atoms with E-state index in [9.17, 15) is 4.79 Å². The fraction of sp³-hybridized carbons (Fsp3) is 0.167. The van der Waals surface area contributed by atoms with Gasteiger partial charge in [0.1, 0.15) is 0 Å². The molecule has 1 atom stereocenters. The van der Waals surface area contributed by atoms with Crippen LogP contribution in [-0.2, 0) is 4.79 Å². The lowest BCUT2D eigenvalue weighted by Gasteiger charge is -2.03. The van der Waals surface area contributed by atoms with Gasteiger partial charge < -0.3 is 5.11 Å². The van der Waals surface area contributed by atoms with Crippen LogP contribution in [0.1, 0.15) is 18.5 Å². The number of carbonyl (C=O) groups is 1. The number of halogens is 1. The highest BCUT2D eigenvalue weighted by molar-refractivity contribution is 9.10. The molecule has 0 fully saturated rings. The van der Waals surface area contributed by atoms with Gasteiger partial charge in [0.2, 0.25) is 0 Å². The molecule has 1 unspecified atom stereocenters. The average Bonchev–Trinajstić information content (AvgIpc) is 2.77. The molecule has 0 aliphatic carbocycles. The van der Waals surface area contributed by atoms with Gasteiger partial charge in [-0.25, -0.2) is 4.68 Å². The molecule has 5 heteroatoms. The predicted octanol–water partition coefficient (Wildman–Crippen LogP) is 2.82. The lowest BCUT2D eigenvalue weighted by Crippen LogP contribution is -2.08. The quantitative estimate of drug-likeness (QED) is 0.947. The number of hydrogen-bond acceptors (Lipinski definition) is 2. The molecule has 0 radical (unpaired) electrons. The third-order valence-corrected chi connectivity index (χ3v) is 2.99. The number of aromatic nitrogens is 2. The smallest absolute Gasteiger partial charge is 0.312 e. The van der Waals surface area contributed by atoms with Crippen molar-refractivity contribution in [2.24, 2.45) is 0 Å². The summed E-state index contributed by atoms with van der Waals surface area (Å²) < 4.78 is 2.62. The van der Waals surface area contributed by atoms with Crippen LogP contribution < -0.4 is 0 Å². The zero-order valence-electron chi connectivity index (χ0n) is 9.17. The van der Waals surface area contributed by atoms with E-state index in [-0.39, 0.29) is 0 Å². The second kappa shape index (κ2) is 4.71. The van der Waals surface area contributed by atoms with Gasteiger partial charge in [0.25, 0.3) is 0 Å². The van der Waals surface area contributed by atoms with Crippen LogP contribution in [0.2, 0.25) is 0 Å². The lowest BCUT2D eigenvalue weighted by atomic mass is 10.1. The maximum absolute atomic E-state index is 10.8. The first kappa shape index (κ1) is 11.9. The average molecular weight is 295 g/mol. The Bertz CT molecular complexity index is 551. The topological polar surface area (TPSA) is 55.1 Å². The van der Waals surface area contributed by atoms with Crippen molar-refractivity contribution in [3.63, 3.8) is 0 Å². The van der Waals surface area contributed by atoms with E-state index in [4.69, 9.17) is 5.11 Å². The van der Waals surface area contributed by atoms with Gasteiger partial charge in [0.05, 0.1) is 17.3 Å². The SMILES string of the molecule is CC(C(=O)O)c1ccn(-c2cccc(Br)c2)n1. The predicted molar refractivity (Wildman–Crippen MR) is 67.3 cm³/mol. The number of nitrogens with zero attached hydrogens (tertiary/aromatic N) is 2. The van der Waals surface area contributed by atoms with E-state index < -0.39 is 11.9 Å². The Kier molecular flexibility index (Phi) is 3.28. The Hall–Kier alpha value is -1.62. The molecule has 17 heavy (non-hydrogen) atoms. The second-order valence-electron chi connectivity index (χ2n) is 3.72. The fourth-order valence-electron chi connectivity index (χ4n) is 1.46. The van der Waals surface area contributed by atoms with Crippen molar-refractivity contribution in [1.29, 1.82) is 0 Å². The van der Waals surface area contributed by atoms with Gasteiger partial charge in [-0.1, -0.05) is 22.0 Å². The summed E-state index contributed by atoms with van der Waals surface area (Å²) in [6.45, 7) is 1.62. The Morgan fingerprint density at radius 3 is 2.88 bits per heavy atom. The molecule has 4 nitrogen and oxygen atoms in total. The first-order chi connectivity index (χ1) is 8.08. The van der Waals surface area contributed by atoms with Crippen molar-refractivity contribution in [3.8, 4) is 5.69 Å². The number of benzene rings is 1. The normalized spacial score (nSPS) is 12.4. The van der Waals surface area contributed by atoms with E-state index in [1.165, 1.54) is 0 Å². The van der Waals surface area contributed by atoms with Gasteiger partial charge in [-0.15, -0.1) is 0 Å². The number of carboxylic acid groups (broad SMARTS) is 1. The number of aliphatic carboxylic acids is 1. The zero-order valence-corrected chi connectivity index (χ0v) is 10.8. The summed E-state index contributed by atoms with van der Waals surface area (Å²) >= 11 is 3.38. The minimum atomic E-state index is -0.871. The fourth-order valence-corrected chi connectivity index (χ4v) is 1.85. The van der Waals surface area contributed by atoms with Gasteiger partial charge in [0, 0.05) is 10.7 Å². The first-order valence-electron chi connectivity index (χ1n) is 5.12. The molecule has 0 aliphatic rings. The maximum atomic E-state index is 10.8. The number of rotatable bonds is 3. The molecular weight excluding hydrogens is 284 g/mol. The molecule has 1 heterocycles. The van der Waals surface area contributed by atoms with Crippen LogP contribution in [0.5, 0.6) is 0 Å². The molecule has 2 rings (SSSR count). The Morgan fingerprint density at radius 2 is 2.24 bits per heavy atom. The molecule has 0 bridgehead atoms. The molecule has 1 N–H and O–H groups in total. The Morgan fingerprint density at radius 1 is 1.47 bits per heavy atom. The number of carboxylic acids is 1. The molecule has 1 aromatic heterocycles. The van der Waals surface area contributed by atoms with Crippen molar-refractivity contribution in [1.82, 2.24) is 9.78 Å². The highest BCUT2D eigenvalue weighted by Gasteiger charge is 2.16. The van der Waals surface area contributed by atoms with Gasteiger partial charge in [0.15, 0.2) is 0 Å². The van der Waals surface area contributed by atoms with Gasteiger partial charge in [-0.3, -0.25) is 4.79 Å². The molecule has 0 spiro atoms. The Balaban J connectivity index is 2.33. The minimum Gasteiger partial charge on any atom is -0.481 e. The number of hydrogen-bond donors (Lipinski definition) is 1. The van der Waals surface area contributed by atoms with E-state index in [1.54, 1.807) is 23.9 Å². The van der Waals surface area contributed by atoms with Crippen LogP contribution in [0.25, 0.3) is 5.69 Å². The van der Waals surface area contributed by atoms with E-state index in [0.717, 1.165) is 10.2 Å². The zero-order chi connectivity index (χ0) is 12.4. The third-order valence-electron chi connectivity index (χ3n) is 2.50. The molecule has 0 saturated carbocycles. The van der Waals surface area contributed by atoms with Crippen LogP contribution in [0.4, 0.5) is 0 Å². The summed E-state index contributed by atoms with van der Waals surface area (Å²) in [5, 5.41) is 13.2. The van der Waals surface area contributed by atoms with Gasteiger partial charge in [-0.2, -0.15) is 5.10 Å². The standard InChI is InChI=1S/C12H11BrN2O2/c1-8(12(16)17)11-5-6-15(14-11)10-4-2-3-9(13)7-10/h2-8H,1H3,(H,16,17). The van der Waals surface area contributed by atoms with E-state index in [0.29, 0.717) is 5.69 Å². The summed E-state index contributed by atoms with van der Waals surface area (Å²) in [6, 6.07) is 9.38. The molecule has 88 valence electrons. The third kappa shape index (κ3) is 2.55. The van der Waals surface area contributed by atoms with Crippen molar-refractivity contribution in [2.75, 3.05) is 0 Å². The van der Waals surface area contributed by atoms with Crippen molar-refractivity contribution >= 4 is 21.9 Å². The van der Waals surface area contributed by atoms with Crippen molar-refractivity contribution < 1.29 is 9.90 Å². The highest BCUT2D eigenvalue weighted by atomic mass is 79.9. The maximum Gasteiger partial charge on any atom is 0.312 e. The van der Waals surface area contributed by atoms with Crippen LogP contribution in [0.3, 0.4) is 0 Å². The summed E-state index contributed by atoms with van der Waals surface area (Å²) in [7, 11) is 0. The molecular formula is C12H11BrN2O2. The van der Waals surface area contributed by atoms with Crippen LogP contribution in [0.15, 0.2) is 41.0 Å². The van der Waals surface area contributed by atoms with Crippen LogP contribution in [0, 0.1) is 0 Å². The first-order valence-corrected chi connectivity index (χ1v) is 5.91. The molecule has 0 amide bonds. The van der Waals surface area contributed by atoms with E-state index in [1.807, 2.05) is 24.3 Å². The minimum absolute atomic E-state index is 0.553. The van der Waals surface area contributed by atoms with E-state index in [2.05, 4.69) is 21.0 Å². The molecule has 0 aliphatic heterocycles. The van der Waals surface area contributed by atoms with E-state index >= 15 is 0 Å². The van der Waals surface area contributed by atoms with Crippen LogP contribution >= 0.6 is 15.9 Å². The largest absolute Gasteiger partial charge is 0.481 e. The van der Waals surface area contributed by atoms with Crippen molar-refractivity contribution in [2.45, 2.75) is 12.8 Å². The highest BCUT2D eigenvalue weighted by Crippen LogP contribution is 2.17. The summed E-state index contributed by atoms with van der Waals surface area (Å²) in [4.78, 5) is 10.8. The van der Waals surface area contributed by atoms with Crippen molar-refractivity contribution in [3.05, 3.63) is 46.7 Å². The van der Waals surface area contributed by atoms with Gasteiger partial charge in [-0.05, 0) is 31.2 Å². The van der Waals surface area contributed by atoms with Crippen LogP contribution in [-0.4, -0.2) is 20.9 Å². The summed E-state index contributed by atoms with van der Waals surface area (Å²) in [5.41, 5.74) is 1.45. The molecule has 1 aromatic carbocycles. The molecule has 2 aromatic rings. The van der Waals surface area contributed by atoms with Gasteiger partial charge >= 0.3 is 5.97 Å².